The van der Waals surface area contributed by atoms with Gasteiger partial charge in [0.05, 0.1) is 0 Å². The third kappa shape index (κ3) is 8.18. The van der Waals surface area contributed by atoms with Crippen LogP contribution in [0, 0.1) is 13.0 Å². The van der Waals surface area contributed by atoms with Crippen molar-refractivity contribution in [2.24, 2.45) is 0 Å². The van der Waals surface area contributed by atoms with Gasteiger partial charge < -0.3 is 12.0 Å². The molecule has 0 bridgehead atoms. The van der Waals surface area contributed by atoms with E-state index in [1.54, 1.807) is 0 Å². The minimum absolute atomic E-state index is 0.129. The summed E-state index contributed by atoms with van der Waals surface area (Å²) in [6, 6.07) is 7.12. The molecule has 0 aliphatic rings. The summed E-state index contributed by atoms with van der Waals surface area (Å²) in [5, 5.41) is 8.12. The number of carboxylic acid groups (broad SMARTS) is 1. The summed E-state index contributed by atoms with van der Waals surface area (Å²) in [7, 11) is -4.17. The molecule has 1 rings (SSSR count). The number of aliphatic carboxylic acids is 1. The fourth-order valence-corrected chi connectivity index (χ4v) is 2.24. The maximum Gasteiger partial charge on any atom is 0.303 e. The molecular formula is C17H24NiO5S-2. The van der Waals surface area contributed by atoms with Gasteiger partial charge in [0.1, 0.15) is 0 Å². The zero-order valence-electron chi connectivity index (χ0n) is 14.1. The summed E-state index contributed by atoms with van der Waals surface area (Å²) in [5.74, 6) is -0.710. The summed E-state index contributed by atoms with van der Waals surface area (Å²) >= 11 is 4.80. The van der Waals surface area contributed by atoms with Crippen LogP contribution in [0.5, 0.6) is 0 Å². The van der Waals surface area contributed by atoms with Crippen molar-refractivity contribution in [2.75, 3.05) is 0 Å². The van der Waals surface area contributed by atoms with Crippen LogP contribution < -0.4 is 0 Å². The van der Waals surface area contributed by atoms with E-state index in [4.69, 9.17) is 24.7 Å². The number of rotatable bonds is 7. The second-order valence-electron chi connectivity index (χ2n) is 5.73. The molecule has 0 fully saturated rings. The maximum absolute atomic E-state index is 11.0. The molecule has 1 aromatic carbocycles. The Morgan fingerprint density at radius 2 is 1.96 bits per heavy atom. The van der Waals surface area contributed by atoms with Crippen LogP contribution in [0.15, 0.2) is 23.1 Å². The van der Waals surface area contributed by atoms with Crippen molar-refractivity contribution in [3.05, 3.63) is 36.8 Å². The van der Waals surface area contributed by atoms with Crippen LogP contribution in [-0.4, -0.2) is 28.5 Å². The normalized spacial score (nSPS) is 11.5. The largest absolute Gasteiger partial charge is 0.481 e. The van der Waals surface area contributed by atoms with Gasteiger partial charge in [-0.15, -0.1) is 0 Å². The number of carboxylic acids is 1. The fraction of sp³-hybridized carbons (Fsp3) is 0.471. The van der Waals surface area contributed by atoms with E-state index in [1.807, 2.05) is 20.8 Å². The predicted octanol–water partition coefficient (Wildman–Crippen LogP) is 3.22. The Morgan fingerprint density at radius 3 is 2.38 bits per heavy atom. The van der Waals surface area contributed by atoms with Crippen LogP contribution in [0.25, 0.3) is 0 Å². The van der Waals surface area contributed by atoms with Crippen LogP contribution >= 0.6 is 0 Å². The van der Waals surface area contributed by atoms with Crippen molar-refractivity contribution in [1.29, 1.82) is 0 Å². The molecule has 7 heteroatoms. The molecule has 0 aromatic heterocycles. The molecule has 2 N–H and O–H groups in total. The average molecular weight is 399 g/mol. The number of carbonyl (C=O) groups is 1. The first-order valence-corrected chi connectivity index (χ1v) is 9.33. The van der Waals surface area contributed by atoms with Crippen molar-refractivity contribution in [2.45, 2.75) is 56.8 Å². The van der Waals surface area contributed by atoms with E-state index < -0.39 is 21.5 Å². The molecule has 0 saturated carbocycles. The third-order valence-corrected chi connectivity index (χ3v) is 4.92. The SMILES string of the molecule is C[C](=[Ni])C(C)(C)c1[c-]ccc(S(=O)(=O)O)c1.[CH2-]CCCCC(=O)O. The molecular weight excluding hydrogens is 375 g/mol. The molecule has 0 amide bonds. The van der Waals surface area contributed by atoms with Gasteiger partial charge in [0.15, 0.2) is 0 Å². The first-order chi connectivity index (χ1) is 10.9. The standard InChI is InChI=1S/C11H13O3S.C6H11O2.Ni/c1-4-11(2,3)9-6-5-7-10(8-9)15(12,13)14;1-2-3-4-5-6(7)8;/h5,7-8H,1-3H3,(H,12,13,14);1-5H2,(H,7,8);/q2*-1;. The van der Waals surface area contributed by atoms with Gasteiger partial charge in [-0.05, 0) is 6.42 Å². The summed E-state index contributed by atoms with van der Waals surface area (Å²) in [6.07, 6.45) is 2.81. The van der Waals surface area contributed by atoms with E-state index in [0.717, 1.165) is 23.8 Å². The zero-order chi connectivity index (χ0) is 19.0. The second kappa shape index (κ2) is 10.1. The Bertz CT molecular complexity index is 665. The van der Waals surface area contributed by atoms with Crippen LogP contribution in [0.3, 0.4) is 0 Å². The number of unbranched alkanes of at least 4 members (excludes halogenated alkanes) is 2. The van der Waals surface area contributed by atoms with Crippen molar-refractivity contribution in [1.82, 2.24) is 0 Å². The second-order valence-corrected chi connectivity index (χ2v) is 7.89. The van der Waals surface area contributed by atoms with E-state index in [0.29, 0.717) is 5.56 Å². The fourth-order valence-electron chi connectivity index (χ4n) is 1.60. The topological polar surface area (TPSA) is 91.7 Å². The zero-order valence-corrected chi connectivity index (χ0v) is 15.9. The molecule has 140 valence electrons. The Morgan fingerprint density at radius 1 is 1.38 bits per heavy atom. The van der Waals surface area contributed by atoms with Gasteiger partial charge in [-0.3, -0.25) is 4.79 Å². The molecule has 24 heavy (non-hydrogen) atoms. The van der Waals surface area contributed by atoms with Crippen molar-refractivity contribution in [3.63, 3.8) is 0 Å². The maximum atomic E-state index is 11.0. The van der Waals surface area contributed by atoms with E-state index in [1.165, 1.54) is 18.2 Å². The van der Waals surface area contributed by atoms with Gasteiger partial charge in [-0.2, -0.15) is 6.42 Å². The summed E-state index contributed by atoms with van der Waals surface area (Å²) in [5.41, 5.74) is 0.229. The Balaban J connectivity index is 0.000000561. The van der Waals surface area contributed by atoms with Gasteiger partial charge in [-0.1, -0.05) is 6.42 Å². The number of hydrogen-bond acceptors (Lipinski definition) is 3. The first kappa shape index (κ1) is 23.0. The van der Waals surface area contributed by atoms with E-state index in [-0.39, 0.29) is 11.3 Å². The van der Waals surface area contributed by atoms with E-state index in [9.17, 15) is 13.2 Å². The minimum atomic E-state index is -4.17. The van der Waals surface area contributed by atoms with Crippen molar-refractivity contribution >= 4 is 20.6 Å². The van der Waals surface area contributed by atoms with Gasteiger partial charge in [0.25, 0.3) is 0 Å². The average Bonchev–Trinajstić information content (AvgIpc) is 2.47. The molecule has 0 heterocycles. The molecule has 0 radical (unpaired) electrons. The van der Waals surface area contributed by atoms with Gasteiger partial charge in [0.2, 0.25) is 0 Å². The summed E-state index contributed by atoms with van der Waals surface area (Å²) in [6.45, 7) is 9.19. The molecule has 0 saturated heterocycles. The Kier molecular flexibility index (Phi) is 9.63. The van der Waals surface area contributed by atoms with E-state index >= 15 is 0 Å². The number of benzene rings is 1. The Labute approximate surface area is 152 Å². The van der Waals surface area contributed by atoms with Gasteiger partial charge in [0, 0.05) is 6.42 Å². The number of hydrogen-bond donors (Lipinski definition) is 2. The van der Waals surface area contributed by atoms with Crippen LogP contribution in [0.1, 0.15) is 52.0 Å². The third-order valence-electron chi connectivity index (χ3n) is 3.46. The predicted molar refractivity (Wildman–Crippen MR) is 90.3 cm³/mol. The summed E-state index contributed by atoms with van der Waals surface area (Å²) in [4.78, 5) is 9.72. The molecule has 1 aromatic rings. The molecule has 0 aliphatic carbocycles. The van der Waals surface area contributed by atoms with Gasteiger partial charge >= 0.3 is 109 Å². The van der Waals surface area contributed by atoms with Crippen molar-refractivity contribution < 1.29 is 37.9 Å². The molecule has 0 aliphatic heterocycles. The van der Waals surface area contributed by atoms with Crippen LogP contribution in [0.2, 0.25) is 0 Å². The van der Waals surface area contributed by atoms with Gasteiger partial charge in [-0.25, -0.2) is 0 Å². The van der Waals surface area contributed by atoms with E-state index in [2.05, 4.69) is 13.0 Å². The quantitative estimate of drug-likeness (QED) is 0.318. The smallest absolute Gasteiger partial charge is 0.303 e. The summed E-state index contributed by atoms with van der Waals surface area (Å²) < 4.78 is 31.7. The monoisotopic (exact) mass is 398 g/mol. The Hall–Kier alpha value is -1.04. The molecule has 0 unspecified atom stereocenters. The van der Waals surface area contributed by atoms with Crippen LogP contribution in [0.4, 0.5) is 0 Å². The molecule has 0 spiro atoms. The minimum Gasteiger partial charge on any atom is -0.481 e. The van der Waals surface area contributed by atoms with Crippen molar-refractivity contribution in [3.8, 4) is 0 Å². The molecule has 0 atom stereocenters. The molecule has 5 nitrogen and oxygen atoms in total. The van der Waals surface area contributed by atoms with Crippen LogP contribution in [-0.2, 0) is 35.4 Å². The first-order valence-electron chi connectivity index (χ1n) is 7.40.